The van der Waals surface area contributed by atoms with E-state index in [-0.39, 0.29) is 52.6 Å². The number of carboxylic acid groups (broad SMARTS) is 1. The van der Waals surface area contributed by atoms with Crippen LogP contribution in [0.5, 0.6) is 5.75 Å². The Hall–Kier alpha value is -2.63. The number of imide groups is 1. The molecular weight excluding hydrogens is 454 g/mol. The molecule has 2 bridgehead atoms. The molecule has 7 rings (SSSR count). The van der Waals surface area contributed by atoms with E-state index in [0.29, 0.717) is 12.1 Å². The van der Waals surface area contributed by atoms with E-state index in [2.05, 4.69) is 26.8 Å². The lowest BCUT2D eigenvalue weighted by Gasteiger charge is -2.68. The molecule has 1 heterocycles. The molecule has 36 heavy (non-hydrogen) atoms. The molecule has 1 aliphatic heterocycles. The number of allylic oxidation sites excluding steroid dienone is 2. The number of rotatable bonds is 3. The zero-order valence-electron chi connectivity index (χ0n) is 21.7. The predicted octanol–water partition coefficient (Wildman–Crippen LogP) is 5.41. The molecule has 0 unspecified atom stereocenters. The van der Waals surface area contributed by atoms with Crippen LogP contribution in [0, 0.1) is 51.8 Å². The van der Waals surface area contributed by atoms with Crippen LogP contribution in [0.1, 0.15) is 66.2 Å². The van der Waals surface area contributed by atoms with Crippen LogP contribution in [-0.4, -0.2) is 28.0 Å². The van der Waals surface area contributed by atoms with E-state index >= 15 is 0 Å². The Morgan fingerprint density at radius 1 is 1.08 bits per heavy atom. The molecule has 5 aliphatic carbocycles. The number of carboxylic acids is 1. The lowest BCUT2D eigenvalue weighted by molar-refractivity contribution is -0.194. The third kappa shape index (κ3) is 2.76. The van der Waals surface area contributed by atoms with Crippen LogP contribution in [-0.2, 0) is 14.4 Å². The first-order valence-electron chi connectivity index (χ1n) is 13.6. The highest BCUT2D eigenvalue weighted by atomic mass is 16.4. The minimum Gasteiger partial charge on any atom is -0.508 e. The molecule has 6 heteroatoms. The van der Waals surface area contributed by atoms with Gasteiger partial charge in [0.1, 0.15) is 5.75 Å². The molecule has 192 valence electrons. The summed E-state index contributed by atoms with van der Waals surface area (Å²) in [6.07, 6.45) is 7.30. The molecule has 1 aromatic carbocycles. The Labute approximate surface area is 212 Å². The summed E-state index contributed by atoms with van der Waals surface area (Å²) < 4.78 is 0. The Morgan fingerprint density at radius 2 is 1.83 bits per heavy atom. The van der Waals surface area contributed by atoms with Crippen LogP contribution in [0.4, 0.5) is 5.69 Å². The van der Waals surface area contributed by atoms with E-state index in [1.807, 2.05) is 6.92 Å². The maximum absolute atomic E-state index is 14.2. The van der Waals surface area contributed by atoms with E-state index in [0.717, 1.165) is 32.1 Å². The molecule has 3 saturated carbocycles. The van der Waals surface area contributed by atoms with E-state index in [1.165, 1.54) is 16.5 Å². The molecule has 1 saturated heterocycles. The Kier molecular flexibility index (Phi) is 4.92. The standard InChI is InChI=1S/C30H37NO5/c1-16(2)20-15-30-12-9-21-28(3,10-6-11-29(21,4)27(35)36)22(30)14-19(20)23-24(30)26(34)31(25(23)33)17-7-5-8-18(32)13-17/h5,7-8,13,15-16,19,21-24,32H,6,9-12,14H2,1-4H3,(H,35,36)/t19-,21+,22+,23-,24+,28+,29-,30-/m1/s1. The van der Waals surface area contributed by atoms with E-state index in [1.54, 1.807) is 18.2 Å². The number of phenols is 1. The summed E-state index contributed by atoms with van der Waals surface area (Å²) in [5.41, 5.74) is 0.366. The number of anilines is 1. The zero-order valence-corrected chi connectivity index (χ0v) is 21.7. The second-order valence-corrected chi connectivity index (χ2v) is 13.0. The van der Waals surface area contributed by atoms with Gasteiger partial charge in [0.15, 0.2) is 0 Å². The minimum atomic E-state index is -0.752. The average molecular weight is 492 g/mol. The number of carbonyl (C=O) groups is 3. The summed E-state index contributed by atoms with van der Waals surface area (Å²) in [5, 5.41) is 20.3. The predicted molar refractivity (Wildman–Crippen MR) is 135 cm³/mol. The van der Waals surface area contributed by atoms with E-state index in [9.17, 15) is 24.6 Å². The number of aromatic hydroxyl groups is 1. The first kappa shape index (κ1) is 23.7. The molecule has 8 atom stereocenters. The molecule has 2 N–H and O–H groups in total. The number of hydrogen-bond acceptors (Lipinski definition) is 4. The summed E-state index contributed by atoms with van der Waals surface area (Å²) in [6.45, 7) is 8.58. The molecule has 1 spiro atoms. The quantitative estimate of drug-likeness (QED) is 0.436. The summed E-state index contributed by atoms with van der Waals surface area (Å²) in [5.74, 6) is -1.24. The first-order chi connectivity index (χ1) is 17.0. The maximum Gasteiger partial charge on any atom is 0.309 e. The van der Waals surface area contributed by atoms with Crippen molar-refractivity contribution in [3.63, 3.8) is 0 Å². The maximum atomic E-state index is 14.2. The first-order valence-corrected chi connectivity index (χ1v) is 13.6. The van der Waals surface area contributed by atoms with Gasteiger partial charge in [-0.2, -0.15) is 0 Å². The Balaban J connectivity index is 1.50. The summed E-state index contributed by atoms with van der Waals surface area (Å²) in [7, 11) is 0. The van der Waals surface area contributed by atoms with Crippen LogP contribution < -0.4 is 4.90 Å². The number of benzene rings is 1. The van der Waals surface area contributed by atoms with Crippen LogP contribution >= 0.6 is 0 Å². The SMILES string of the molecule is CC(C)C1=C[C@]23CC[C@H]4[C@](C)(CCC[C@@]4(C)C(=O)O)[C@@H]2C[C@H]1[C@H]1C(=O)N(c2cccc(O)c2)C(=O)[C@H]13. The molecule has 4 fully saturated rings. The van der Waals surface area contributed by atoms with Crippen LogP contribution in [0.15, 0.2) is 35.9 Å². The number of hydrogen-bond donors (Lipinski definition) is 2. The van der Waals surface area contributed by atoms with Gasteiger partial charge >= 0.3 is 5.97 Å². The highest BCUT2D eigenvalue weighted by Gasteiger charge is 2.73. The van der Waals surface area contributed by atoms with Gasteiger partial charge in [0.25, 0.3) is 0 Å². The Morgan fingerprint density at radius 3 is 2.50 bits per heavy atom. The molecule has 6 nitrogen and oxygen atoms in total. The number of aliphatic carboxylic acids is 1. The molecule has 6 aliphatic rings. The van der Waals surface area contributed by atoms with Crippen molar-refractivity contribution in [3.8, 4) is 5.75 Å². The lowest BCUT2D eigenvalue weighted by atomic mass is 9.34. The number of fused-ring (bicyclic) bond motifs is 1. The molecule has 1 aromatic rings. The van der Waals surface area contributed by atoms with Crippen molar-refractivity contribution in [2.75, 3.05) is 4.90 Å². The van der Waals surface area contributed by atoms with E-state index in [4.69, 9.17) is 0 Å². The van der Waals surface area contributed by atoms with Crippen molar-refractivity contribution in [3.05, 3.63) is 35.9 Å². The minimum absolute atomic E-state index is 0.00535. The van der Waals surface area contributed by atoms with Gasteiger partial charge in [-0.3, -0.25) is 14.4 Å². The van der Waals surface area contributed by atoms with Gasteiger partial charge in [-0.25, -0.2) is 4.90 Å². The second-order valence-electron chi connectivity index (χ2n) is 13.0. The molecular formula is C30H37NO5. The molecule has 0 aromatic heterocycles. The Bertz CT molecular complexity index is 1200. The van der Waals surface area contributed by atoms with Gasteiger partial charge in [0.05, 0.1) is 22.9 Å². The topological polar surface area (TPSA) is 94.9 Å². The molecule has 0 radical (unpaired) electrons. The van der Waals surface area contributed by atoms with Crippen molar-refractivity contribution in [2.24, 2.45) is 51.8 Å². The largest absolute Gasteiger partial charge is 0.508 e. The van der Waals surface area contributed by atoms with Gasteiger partial charge < -0.3 is 10.2 Å². The number of phenolic OH excluding ortho intramolecular Hbond substituents is 1. The zero-order chi connectivity index (χ0) is 25.8. The monoisotopic (exact) mass is 491 g/mol. The number of carbonyl (C=O) groups excluding carboxylic acids is 2. The van der Waals surface area contributed by atoms with Crippen molar-refractivity contribution in [2.45, 2.75) is 66.2 Å². The second kappa shape index (κ2) is 7.45. The average Bonchev–Trinajstić information content (AvgIpc) is 3.10. The normalized spacial score (nSPS) is 43.2. The fourth-order valence-electron chi connectivity index (χ4n) is 9.84. The van der Waals surface area contributed by atoms with Crippen molar-refractivity contribution >= 4 is 23.5 Å². The van der Waals surface area contributed by atoms with Gasteiger partial charge in [0, 0.05) is 11.5 Å². The highest BCUT2D eigenvalue weighted by molar-refractivity contribution is 6.23. The van der Waals surface area contributed by atoms with Gasteiger partial charge in [-0.15, -0.1) is 0 Å². The smallest absolute Gasteiger partial charge is 0.309 e. The van der Waals surface area contributed by atoms with Crippen molar-refractivity contribution < 1.29 is 24.6 Å². The third-order valence-electron chi connectivity index (χ3n) is 11.2. The van der Waals surface area contributed by atoms with Gasteiger partial charge in [-0.1, -0.05) is 44.9 Å². The van der Waals surface area contributed by atoms with Crippen LogP contribution in [0.2, 0.25) is 0 Å². The lowest BCUT2D eigenvalue weighted by Crippen LogP contribution is -2.65. The number of nitrogens with zero attached hydrogens (tertiary/aromatic N) is 1. The van der Waals surface area contributed by atoms with Crippen molar-refractivity contribution in [1.29, 1.82) is 0 Å². The van der Waals surface area contributed by atoms with Crippen LogP contribution in [0.25, 0.3) is 0 Å². The fraction of sp³-hybridized carbons (Fsp3) is 0.633. The molecule has 2 amide bonds. The highest BCUT2D eigenvalue weighted by Crippen LogP contribution is 2.74. The fourth-order valence-corrected chi connectivity index (χ4v) is 9.84. The summed E-state index contributed by atoms with van der Waals surface area (Å²) >= 11 is 0. The van der Waals surface area contributed by atoms with Crippen LogP contribution in [0.3, 0.4) is 0 Å². The third-order valence-corrected chi connectivity index (χ3v) is 11.2. The summed E-state index contributed by atoms with van der Waals surface area (Å²) in [6, 6.07) is 6.43. The summed E-state index contributed by atoms with van der Waals surface area (Å²) in [4.78, 5) is 42.0. The van der Waals surface area contributed by atoms with Gasteiger partial charge in [-0.05, 0) is 80.2 Å². The van der Waals surface area contributed by atoms with Gasteiger partial charge in [0.2, 0.25) is 11.8 Å². The number of amides is 2. The van der Waals surface area contributed by atoms with Crippen molar-refractivity contribution in [1.82, 2.24) is 0 Å². The van der Waals surface area contributed by atoms with E-state index < -0.39 is 22.7 Å².